The molecule has 1 rings (SSSR count). The van der Waals surface area contributed by atoms with Gasteiger partial charge in [-0.3, -0.25) is 0 Å². The van der Waals surface area contributed by atoms with Crippen LogP contribution in [0.15, 0.2) is 30.3 Å². The molecular weight excluding hydrogens is 284 g/mol. The first kappa shape index (κ1) is 19.5. The van der Waals surface area contributed by atoms with E-state index < -0.39 is 0 Å². The van der Waals surface area contributed by atoms with Gasteiger partial charge in [0.25, 0.3) is 0 Å². The van der Waals surface area contributed by atoms with Crippen LogP contribution in [0, 0.1) is 0 Å². The zero-order chi connectivity index (χ0) is 16.8. The number of rotatable bonds is 12. The first-order chi connectivity index (χ1) is 11.3. The molecule has 0 heterocycles. The number of esters is 1. The van der Waals surface area contributed by atoms with Gasteiger partial charge < -0.3 is 4.74 Å². The summed E-state index contributed by atoms with van der Waals surface area (Å²) in [5, 5.41) is 0. The molecule has 0 aliphatic rings. The highest BCUT2D eigenvalue weighted by atomic mass is 16.5. The van der Waals surface area contributed by atoms with Gasteiger partial charge in [-0.15, -0.1) is 0 Å². The Kier molecular flexibility index (Phi) is 10.9. The van der Waals surface area contributed by atoms with Crippen LogP contribution < -0.4 is 0 Å². The molecule has 0 atom stereocenters. The Morgan fingerprint density at radius 3 is 2.04 bits per heavy atom. The number of ether oxygens (including phenoxy) is 1. The van der Waals surface area contributed by atoms with Crippen molar-refractivity contribution in [3.8, 4) is 0 Å². The van der Waals surface area contributed by atoms with Crippen molar-refractivity contribution in [2.24, 2.45) is 0 Å². The van der Waals surface area contributed by atoms with Crippen molar-refractivity contribution in [1.29, 1.82) is 0 Å². The summed E-state index contributed by atoms with van der Waals surface area (Å²) in [5.41, 5.74) is 1.73. The predicted molar refractivity (Wildman–Crippen MR) is 98.7 cm³/mol. The lowest BCUT2D eigenvalue weighted by Crippen LogP contribution is -2.00. The van der Waals surface area contributed by atoms with Gasteiger partial charge >= 0.3 is 5.97 Å². The van der Waals surface area contributed by atoms with Crippen molar-refractivity contribution in [1.82, 2.24) is 0 Å². The Bertz CT molecular complexity index is 445. The van der Waals surface area contributed by atoms with Crippen molar-refractivity contribution in [2.75, 3.05) is 7.11 Å². The van der Waals surface area contributed by atoms with Crippen LogP contribution in [0.25, 0.3) is 6.08 Å². The van der Waals surface area contributed by atoms with E-state index in [-0.39, 0.29) is 5.97 Å². The first-order valence-electron chi connectivity index (χ1n) is 9.13. The zero-order valence-corrected chi connectivity index (χ0v) is 14.9. The second-order valence-electron chi connectivity index (χ2n) is 6.13. The third kappa shape index (κ3) is 9.22. The number of benzene rings is 1. The van der Waals surface area contributed by atoms with Crippen molar-refractivity contribution < 1.29 is 9.53 Å². The van der Waals surface area contributed by atoms with Crippen LogP contribution >= 0.6 is 0 Å². The molecule has 0 aliphatic heterocycles. The summed E-state index contributed by atoms with van der Waals surface area (Å²) >= 11 is 0. The zero-order valence-electron chi connectivity index (χ0n) is 14.9. The van der Waals surface area contributed by atoms with Gasteiger partial charge in [0.1, 0.15) is 0 Å². The maximum atomic E-state index is 11.3. The highest BCUT2D eigenvalue weighted by Gasteiger charge is 2.02. The molecule has 2 heteroatoms. The minimum Gasteiger partial charge on any atom is -0.465 e. The Morgan fingerprint density at radius 2 is 1.48 bits per heavy atom. The molecule has 0 spiro atoms. The van der Waals surface area contributed by atoms with E-state index in [1.165, 1.54) is 64.9 Å². The van der Waals surface area contributed by atoms with Gasteiger partial charge in [-0.25, -0.2) is 4.79 Å². The van der Waals surface area contributed by atoms with Crippen molar-refractivity contribution >= 4 is 12.0 Å². The van der Waals surface area contributed by atoms with Crippen LogP contribution in [0.5, 0.6) is 0 Å². The minimum atomic E-state index is -0.282. The number of carbonyl (C=O) groups is 1. The molecule has 128 valence electrons. The van der Waals surface area contributed by atoms with E-state index in [0.29, 0.717) is 5.56 Å². The molecule has 0 radical (unpaired) electrons. The van der Waals surface area contributed by atoms with Gasteiger partial charge in [0.2, 0.25) is 0 Å². The topological polar surface area (TPSA) is 26.3 Å². The van der Waals surface area contributed by atoms with Gasteiger partial charge in [0.05, 0.1) is 12.7 Å². The number of allylic oxidation sites excluding steroid dienone is 1. The van der Waals surface area contributed by atoms with Crippen molar-refractivity contribution in [3.05, 3.63) is 41.5 Å². The summed E-state index contributed by atoms with van der Waals surface area (Å²) in [7, 11) is 1.40. The molecule has 0 N–H and O–H groups in total. The van der Waals surface area contributed by atoms with Gasteiger partial charge in [-0.05, 0) is 30.5 Å². The van der Waals surface area contributed by atoms with E-state index in [4.69, 9.17) is 4.74 Å². The van der Waals surface area contributed by atoms with Crippen molar-refractivity contribution in [3.63, 3.8) is 0 Å². The molecule has 0 unspecified atom stereocenters. The molecule has 0 amide bonds. The van der Waals surface area contributed by atoms with Crippen LogP contribution in [0.2, 0.25) is 0 Å². The fourth-order valence-corrected chi connectivity index (χ4v) is 2.64. The van der Waals surface area contributed by atoms with Crippen LogP contribution in [0.3, 0.4) is 0 Å². The van der Waals surface area contributed by atoms with Crippen LogP contribution in [0.1, 0.15) is 87.1 Å². The average molecular weight is 316 g/mol. The molecule has 0 aromatic heterocycles. The van der Waals surface area contributed by atoms with Gasteiger partial charge in [-0.1, -0.05) is 82.6 Å². The van der Waals surface area contributed by atoms with Crippen LogP contribution in [-0.2, 0) is 4.74 Å². The second kappa shape index (κ2) is 12.9. The van der Waals surface area contributed by atoms with Gasteiger partial charge in [-0.2, -0.15) is 0 Å². The summed E-state index contributed by atoms with van der Waals surface area (Å²) in [5.74, 6) is -0.282. The average Bonchev–Trinajstić information content (AvgIpc) is 2.59. The normalized spacial score (nSPS) is 11.0. The third-order valence-corrected chi connectivity index (χ3v) is 4.12. The maximum Gasteiger partial charge on any atom is 0.337 e. The van der Waals surface area contributed by atoms with E-state index in [1.54, 1.807) is 0 Å². The molecule has 1 aromatic rings. The quantitative estimate of drug-likeness (QED) is 0.329. The number of carbonyl (C=O) groups excluding carboxylic acids is 1. The number of methoxy groups -OCH3 is 1. The molecule has 0 bridgehead atoms. The molecule has 2 nitrogen and oxygen atoms in total. The Hall–Kier alpha value is -1.57. The standard InChI is InChI=1S/C21H32O2/c1-3-4-5-6-7-8-9-10-11-12-13-14-19-15-17-20(18-16-19)21(22)23-2/h13-18H,3-12H2,1-2H3/b14-13+. The molecule has 0 saturated carbocycles. The number of hydrogen-bond acceptors (Lipinski definition) is 2. The van der Waals surface area contributed by atoms with Gasteiger partial charge in [0.15, 0.2) is 0 Å². The molecule has 0 saturated heterocycles. The lowest BCUT2D eigenvalue weighted by molar-refractivity contribution is 0.0600. The van der Waals surface area contributed by atoms with Gasteiger partial charge in [0, 0.05) is 0 Å². The monoisotopic (exact) mass is 316 g/mol. The number of unbranched alkanes of at least 4 members (excludes halogenated alkanes) is 9. The molecular formula is C21H32O2. The third-order valence-electron chi connectivity index (χ3n) is 4.12. The maximum absolute atomic E-state index is 11.3. The van der Waals surface area contributed by atoms with Crippen LogP contribution in [0.4, 0.5) is 0 Å². The fourth-order valence-electron chi connectivity index (χ4n) is 2.64. The Balaban J connectivity index is 2.07. The predicted octanol–water partition coefficient (Wildman–Crippen LogP) is 6.41. The first-order valence-corrected chi connectivity index (χ1v) is 9.13. The largest absolute Gasteiger partial charge is 0.465 e. The fraction of sp³-hybridized carbons (Fsp3) is 0.571. The highest BCUT2D eigenvalue weighted by Crippen LogP contribution is 2.12. The second-order valence-corrected chi connectivity index (χ2v) is 6.13. The Labute approximate surface area is 141 Å². The molecule has 0 fully saturated rings. The summed E-state index contributed by atoms with van der Waals surface area (Å²) in [6.07, 6.45) is 17.8. The van der Waals surface area contributed by atoms with E-state index in [2.05, 4.69) is 19.1 Å². The van der Waals surface area contributed by atoms with Crippen molar-refractivity contribution in [2.45, 2.75) is 71.1 Å². The molecule has 0 aliphatic carbocycles. The summed E-state index contributed by atoms with van der Waals surface area (Å²) in [4.78, 5) is 11.3. The molecule has 1 aromatic carbocycles. The lowest BCUT2D eigenvalue weighted by Gasteiger charge is -2.01. The smallest absolute Gasteiger partial charge is 0.337 e. The van der Waals surface area contributed by atoms with E-state index in [9.17, 15) is 4.79 Å². The summed E-state index contributed by atoms with van der Waals surface area (Å²) in [6, 6.07) is 7.53. The minimum absolute atomic E-state index is 0.282. The SMILES string of the molecule is CCCCCCCCCCC/C=C/c1ccc(C(=O)OC)cc1. The summed E-state index contributed by atoms with van der Waals surface area (Å²) < 4.78 is 4.69. The highest BCUT2D eigenvalue weighted by molar-refractivity contribution is 5.89. The van der Waals surface area contributed by atoms with E-state index >= 15 is 0 Å². The number of hydrogen-bond donors (Lipinski definition) is 0. The Morgan fingerprint density at radius 1 is 0.913 bits per heavy atom. The van der Waals surface area contributed by atoms with Crippen LogP contribution in [-0.4, -0.2) is 13.1 Å². The lowest BCUT2D eigenvalue weighted by atomic mass is 10.1. The molecule has 23 heavy (non-hydrogen) atoms. The summed E-state index contributed by atoms with van der Waals surface area (Å²) in [6.45, 7) is 2.26. The van der Waals surface area contributed by atoms with E-state index in [1.807, 2.05) is 24.3 Å². The van der Waals surface area contributed by atoms with E-state index in [0.717, 1.165) is 12.0 Å².